The quantitative estimate of drug-likeness (QED) is 0.341. The lowest BCUT2D eigenvalue weighted by Crippen LogP contribution is -2.29. The van der Waals surface area contributed by atoms with Gasteiger partial charge in [-0.05, 0) is 62.8 Å². The van der Waals surface area contributed by atoms with Gasteiger partial charge in [0.25, 0.3) is 0 Å². The number of ether oxygens (including phenoxy) is 1. The van der Waals surface area contributed by atoms with Crippen LogP contribution >= 0.6 is 0 Å². The van der Waals surface area contributed by atoms with Crippen molar-refractivity contribution in [3.8, 4) is 5.75 Å². The van der Waals surface area contributed by atoms with Crippen molar-refractivity contribution in [2.45, 2.75) is 66.2 Å². The molecule has 0 saturated heterocycles. The first kappa shape index (κ1) is 25.7. The Morgan fingerprint density at radius 1 is 1.11 bits per heavy atom. The number of rotatable bonds is 9. The van der Waals surface area contributed by atoms with Crippen LogP contribution in [0, 0.1) is 5.92 Å². The monoisotopic (exact) mass is 492 g/mol. The van der Waals surface area contributed by atoms with Crippen LogP contribution in [0.1, 0.15) is 71.8 Å². The molecule has 36 heavy (non-hydrogen) atoms. The first-order chi connectivity index (χ1) is 17.3. The third-order valence-electron chi connectivity index (χ3n) is 7.55. The van der Waals surface area contributed by atoms with Gasteiger partial charge in [0.1, 0.15) is 18.1 Å². The lowest BCUT2D eigenvalue weighted by molar-refractivity contribution is -0.148. The molecule has 0 aromatic heterocycles. The van der Waals surface area contributed by atoms with E-state index in [1.165, 1.54) is 0 Å². The number of nitrogens with zero attached hydrogens (tertiary/aromatic N) is 2. The Morgan fingerprint density at radius 3 is 2.39 bits per heavy atom. The van der Waals surface area contributed by atoms with Crippen LogP contribution in [-0.2, 0) is 14.3 Å². The third-order valence-corrected chi connectivity index (χ3v) is 7.55. The zero-order valence-electron chi connectivity index (χ0n) is 21.7. The van der Waals surface area contributed by atoms with Crippen LogP contribution in [0.2, 0.25) is 0 Å². The lowest BCUT2D eigenvalue weighted by Gasteiger charge is -2.26. The molecule has 4 rings (SSSR count). The van der Waals surface area contributed by atoms with Gasteiger partial charge in [-0.3, -0.25) is 14.6 Å². The van der Waals surface area contributed by atoms with Crippen molar-refractivity contribution in [2.75, 3.05) is 24.6 Å². The number of phenolic OH excluding ortho intramolecular Hbond substituents is 1. The summed E-state index contributed by atoms with van der Waals surface area (Å²) >= 11 is 0. The molecule has 0 spiro atoms. The van der Waals surface area contributed by atoms with E-state index in [1.54, 1.807) is 18.2 Å². The molecule has 2 N–H and O–H groups in total. The minimum Gasteiger partial charge on any atom is -0.507 e. The number of hydrogen-bond donors (Lipinski definition) is 2. The molecular weight excluding hydrogens is 456 g/mol. The lowest BCUT2D eigenvalue weighted by atomic mass is 9.81. The summed E-state index contributed by atoms with van der Waals surface area (Å²) in [6.45, 7) is 9.44. The number of allylic oxidation sites excluding steroid dienone is 4. The number of Topliss-reactive ketones (excluding diaryl/α,β-unsaturated/α-hetero) is 1. The summed E-state index contributed by atoms with van der Waals surface area (Å²) in [6, 6.07) is 5.04. The molecule has 2 aliphatic carbocycles. The number of phenols is 1. The molecule has 1 aliphatic heterocycles. The average molecular weight is 493 g/mol. The van der Waals surface area contributed by atoms with Gasteiger partial charge in [0.05, 0.1) is 29.3 Å². The number of likely N-dealkylation sites (N-methyl/N-ethyl adjacent to an activating group) is 1. The minimum atomic E-state index is -0.312. The number of carbonyl (C=O) groups excluding carboxylic acids is 2. The van der Waals surface area contributed by atoms with Gasteiger partial charge in [-0.1, -0.05) is 26.7 Å². The summed E-state index contributed by atoms with van der Waals surface area (Å²) in [5, 5.41) is 21.6. The van der Waals surface area contributed by atoms with Crippen LogP contribution in [-0.4, -0.2) is 47.4 Å². The topological polar surface area (TPSA) is 99.4 Å². The number of aromatic hydroxyl groups is 1. The molecule has 7 nitrogen and oxygen atoms in total. The minimum absolute atomic E-state index is 0.0283. The highest BCUT2D eigenvalue weighted by molar-refractivity contribution is 6.40. The van der Waals surface area contributed by atoms with Crippen molar-refractivity contribution in [2.24, 2.45) is 10.9 Å². The first-order valence-corrected chi connectivity index (χ1v) is 13.1. The van der Waals surface area contributed by atoms with Crippen LogP contribution in [0.5, 0.6) is 5.75 Å². The zero-order valence-corrected chi connectivity index (χ0v) is 21.7. The van der Waals surface area contributed by atoms with Gasteiger partial charge in [0.2, 0.25) is 5.78 Å². The van der Waals surface area contributed by atoms with Gasteiger partial charge in [0, 0.05) is 29.6 Å². The second kappa shape index (κ2) is 10.7. The summed E-state index contributed by atoms with van der Waals surface area (Å²) in [5.41, 5.74) is 4.91. The van der Waals surface area contributed by atoms with E-state index in [0.717, 1.165) is 61.1 Å². The number of esters is 1. The number of aliphatic hydroxyl groups excluding tert-OH is 1. The van der Waals surface area contributed by atoms with E-state index < -0.39 is 0 Å². The van der Waals surface area contributed by atoms with Gasteiger partial charge >= 0.3 is 5.97 Å². The Labute approximate surface area is 212 Å². The maximum absolute atomic E-state index is 13.1. The Bertz CT molecular complexity index is 1200. The van der Waals surface area contributed by atoms with E-state index in [-0.39, 0.29) is 46.9 Å². The van der Waals surface area contributed by atoms with Crippen LogP contribution in [0.4, 0.5) is 5.69 Å². The predicted molar refractivity (Wildman–Crippen MR) is 141 cm³/mol. The number of ketones is 1. The molecule has 1 fully saturated rings. The normalized spacial score (nSPS) is 20.2. The number of hydrogen-bond acceptors (Lipinski definition) is 7. The molecule has 0 radical (unpaired) electrons. The highest BCUT2D eigenvalue weighted by Gasteiger charge is 2.40. The molecule has 0 amide bonds. The molecule has 1 heterocycles. The Kier molecular flexibility index (Phi) is 7.67. The van der Waals surface area contributed by atoms with Gasteiger partial charge < -0.3 is 19.8 Å². The van der Waals surface area contributed by atoms with E-state index in [1.807, 2.05) is 25.7 Å². The molecule has 7 heteroatoms. The number of aliphatic imine (C=N–C) groups is 1. The summed E-state index contributed by atoms with van der Waals surface area (Å²) < 4.78 is 5.48. The van der Waals surface area contributed by atoms with Crippen LogP contribution in [0.25, 0.3) is 5.57 Å². The van der Waals surface area contributed by atoms with Crippen molar-refractivity contribution in [1.82, 2.24) is 0 Å². The van der Waals surface area contributed by atoms with Crippen LogP contribution in [0.15, 0.2) is 51.4 Å². The van der Waals surface area contributed by atoms with Crippen molar-refractivity contribution >= 4 is 28.7 Å². The van der Waals surface area contributed by atoms with Crippen LogP contribution in [0.3, 0.4) is 0 Å². The molecule has 192 valence electrons. The molecule has 0 unspecified atom stereocenters. The molecular formula is C29H36N2O5. The maximum Gasteiger partial charge on any atom is 0.308 e. The number of anilines is 1. The van der Waals surface area contributed by atoms with Crippen molar-refractivity contribution in [3.05, 3.63) is 51.9 Å². The van der Waals surface area contributed by atoms with E-state index in [0.29, 0.717) is 24.4 Å². The smallest absolute Gasteiger partial charge is 0.308 e. The molecule has 3 aliphatic rings. The van der Waals surface area contributed by atoms with E-state index in [2.05, 4.69) is 11.9 Å². The Hall–Kier alpha value is -3.35. The van der Waals surface area contributed by atoms with Gasteiger partial charge in [-0.2, -0.15) is 0 Å². The number of aliphatic hydroxyl groups is 1. The number of carbonyl (C=O) groups is 2. The first-order valence-electron chi connectivity index (χ1n) is 13.1. The second-order valence-electron chi connectivity index (χ2n) is 9.58. The van der Waals surface area contributed by atoms with E-state index in [9.17, 15) is 19.8 Å². The van der Waals surface area contributed by atoms with Crippen LogP contribution < -0.4 is 4.90 Å². The highest BCUT2D eigenvalue weighted by Crippen LogP contribution is 2.45. The maximum atomic E-state index is 13.1. The molecule has 1 saturated carbocycles. The van der Waals surface area contributed by atoms with Gasteiger partial charge in [-0.25, -0.2) is 0 Å². The summed E-state index contributed by atoms with van der Waals surface area (Å²) in [4.78, 5) is 31.9. The Balaban J connectivity index is 1.51. The van der Waals surface area contributed by atoms with Gasteiger partial charge in [-0.15, -0.1) is 0 Å². The second-order valence-corrected chi connectivity index (χ2v) is 9.58. The van der Waals surface area contributed by atoms with E-state index >= 15 is 0 Å². The molecule has 0 bridgehead atoms. The Morgan fingerprint density at radius 2 is 1.83 bits per heavy atom. The zero-order chi connectivity index (χ0) is 26.0. The van der Waals surface area contributed by atoms with Crippen molar-refractivity contribution in [1.29, 1.82) is 0 Å². The molecule has 1 aromatic carbocycles. The average Bonchev–Trinajstić information content (AvgIpc) is 3.51. The van der Waals surface area contributed by atoms with Crippen molar-refractivity contribution < 1.29 is 24.5 Å². The van der Waals surface area contributed by atoms with Gasteiger partial charge in [0.15, 0.2) is 0 Å². The predicted octanol–water partition coefficient (Wildman–Crippen LogP) is 5.65. The molecule has 0 atom stereocenters. The third kappa shape index (κ3) is 4.59. The number of benzene rings is 1. The summed E-state index contributed by atoms with van der Waals surface area (Å²) in [5.74, 6) is -0.613. The summed E-state index contributed by atoms with van der Waals surface area (Å²) in [7, 11) is 0. The van der Waals surface area contributed by atoms with E-state index in [4.69, 9.17) is 4.74 Å². The standard InChI is InChI=1S/C29H36N2O5/c1-5-20-17(4)26(30-22(20)6-2)25-27(33)24(28(25)34)21-13-12-19(16-23(21)32)31(7-3)14-15-36-29(35)18-10-8-9-11-18/h12-13,16,18,32-33H,5-11,14-15H2,1-4H3. The highest BCUT2D eigenvalue weighted by atomic mass is 16.5. The largest absolute Gasteiger partial charge is 0.507 e. The fourth-order valence-electron chi connectivity index (χ4n) is 5.46. The fourth-order valence-corrected chi connectivity index (χ4v) is 5.46. The SMILES string of the molecule is CCC1=NC(=C2C(=O)C(c3ccc(N(CC)CCOC(=O)C4CCCC4)cc3O)=C2O)C(C)=C1CC. The summed E-state index contributed by atoms with van der Waals surface area (Å²) in [6.07, 6.45) is 5.57. The molecule has 1 aromatic rings. The fraction of sp³-hybridized carbons (Fsp3) is 0.483. The van der Waals surface area contributed by atoms with Crippen molar-refractivity contribution in [3.63, 3.8) is 0 Å².